The summed E-state index contributed by atoms with van der Waals surface area (Å²) >= 11 is 5.99. The number of amides is 1. The van der Waals surface area contributed by atoms with Gasteiger partial charge in [-0.1, -0.05) is 11.6 Å². The maximum atomic E-state index is 12.3. The molecule has 0 bridgehead atoms. The molecule has 0 aliphatic rings. The van der Waals surface area contributed by atoms with Crippen LogP contribution in [0.1, 0.15) is 24.2 Å². The van der Waals surface area contributed by atoms with Gasteiger partial charge in [0.1, 0.15) is 0 Å². The first-order valence-corrected chi connectivity index (χ1v) is 11.3. The van der Waals surface area contributed by atoms with Crippen LogP contribution in [0.15, 0.2) is 41.3 Å². The van der Waals surface area contributed by atoms with Gasteiger partial charge in [0, 0.05) is 6.26 Å². The first kappa shape index (κ1) is 23.5. The maximum Gasteiger partial charge on any atom is 0.338 e. The van der Waals surface area contributed by atoms with Crippen LogP contribution in [0.3, 0.4) is 0 Å². The summed E-state index contributed by atoms with van der Waals surface area (Å²) < 4.78 is 39.2. The van der Waals surface area contributed by atoms with Crippen LogP contribution in [0.4, 0.5) is 5.69 Å². The third kappa shape index (κ3) is 6.36. The largest absolute Gasteiger partial charge is 0.490 e. The van der Waals surface area contributed by atoms with Crippen molar-refractivity contribution in [3.05, 3.63) is 47.0 Å². The number of ether oxygens (including phenoxy) is 3. The summed E-state index contributed by atoms with van der Waals surface area (Å²) in [6.07, 6.45) is 1.04. The van der Waals surface area contributed by atoms with E-state index in [0.717, 1.165) is 6.26 Å². The van der Waals surface area contributed by atoms with Gasteiger partial charge in [-0.25, -0.2) is 13.2 Å². The molecule has 162 valence electrons. The third-order valence-corrected chi connectivity index (χ3v) is 5.19. The van der Waals surface area contributed by atoms with E-state index in [1.165, 1.54) is 30.3 Å². The number of nitrogens with one attached hydrogen (secondary N) is 1. The number of rotatable bonds is 9. The van der Waals surface area contributed by atoms with E-state index in [2.05, 4.69) is 5.32 Å². The molecule has 0 aliphatic carbocycles. The van der Waals surface area contributed by atoms with Crippen molar-refractivity contribution in [2.24, 2.45) is 0 Å². The molecule has 0 saturated heterocycles. The number of carbonyl (C=O) groups excluding carboxylic acids is 2. The number of carbonyl (C=O) groups is 2. The minimum absolute atomic E-state index is 0.00274. The van der Waals surface area contributed by atoms with Crippen LogP contribution in [-0.2, 0) is 19.4 Å². The maximum absolute atomic E-state index is 12.3. The fourth-order valence-electron chi connectivity index (χ4n) is 2.41. The lowest BCUT2D eigenvalue weighted by Gasteiger charge is -2.12. The molecule has 0 aliphatic heterocycles. The monoisotopic (exact) mass is 455 g/mol. The smallest absolute Gasteiger partial charge is 0.338 e. The standard InChI is InChI=1S/C20H22ClNO7S/c1-4-27-17-9-6-13(10-18(17)28-5-2)20(24)29-12-19(23)22-16-11-14(30(3,25)26)7-8-15(16)21/h6-11H,4-5,12H2,1-3H3,(H,22,23). The SMILES string of the molecule is CCOc1ccc(C(=O)OCC(=O)Nc2cc(S(C)(=O)=O)ccc2Cl)cc1OCC. The Morgan fingerprint density at radius 2 is 1.67 bits per heavy atom. The van der Waals surface area contributed by atoms with Crippen LogP contribution in [-0.4, -0.2) is 46.4 Å². The molecule has 2 rings (SSSR count). The fourth-order valence-corrected chi connectivity index (χ4v) is 3.22. The molecule has 0 saturated carbocycles. The second kappa shape index (κ2) is 10.3. The van der Waals surface area contributed by atoms with Crippen LogP contribution in [0.5, 0.6) is 11.5 Å². The number of esters is 1. The summed E-state index contributed by atoms with van der Waals surface area (Å²) in [4.78, 5) is 24.4. The number of sulfone groups is 1. The summed E-state index contributed by atoms with van der Waals surface area (Å²) in [7, 11) is -3.47. The highest BCUT2D eigenvalue weighted by atomic mass is 35.5. The summed E-state index contributed by atoms with van der Waals surface area (Å²) in [5, 5.41) is 2.58. The molecular formula is C20H22ClNO7S. The fraction of sp³-hybridized carbons (Fsp3) is 0.300. The minimum atomic E-state index is -3.47. The van der Waals surface area contributed by atoms with Gasteiger partial charge in [-0.3, -0.25) is 4.79 Å². The van der Waals surface area contributed by atoms with Crippen LogP contribution in [0.2, 0.25) is 5.02 Å². The average Bonchev–Trinajstić information content (AvgIpc) is 2.68. The molecule has 0 radical (unpaired) electrons. The Morgan fingerprint density at radius 1 is 1.00 bits per heavy atom. The Kier molecular flexibility index (Phi) is 8.08. The summed E-state index contributed by atoms with van der Waals surface area (Å²) in [6.45, 7) is 3.86. The minimum Gasteiger partial charge on any atom is -0.490 e. The van der Waals surface area contributed by atoms with Gasteiger partial charge in [0.15, 0.2) is 27.9 Å². The normalized spacial score (nSPS) is 10.9. The second-order valence-corrected chi connectivity index (χ2v) is 8.49. The zero-order valence-corrected chi connectivity index (χ0v) is 18.3. The molecule has 0 aromatic heterocycles. The highest BCUT2D eigenvalue weighted by molar-refractivity contribution is 7.90. The van der Waals surface area contributed by atoms with Crippen molar-refractivity contribution in [3.8, 4) is 11.5 Å². The van der Waals surface area contributed by atoms with Gasteiger partial charge in [0.2, 0.25) is 0 Å². The first-order chi connectivity index (χ1) is 14.2. The molecule has 1 amide bonds. The van der Waals surface area contributed by atoms with E-state index in [1.807, 2.05) is 6.92 Å². The van der Waals surface area contributed by atoms with Gasteiger partial charge in [-0.2, -0.15) is 0 Å². The Bertz CT molecular complexity index is 1040. The number of anilines is 1. The Hall–Kier alpha value is -2.78. The number of hydrogen-bond acceptors (Lipinski definition) is 7. The Morgan fingerprint density at radius 3 is 2.30 bits per heavy atom. The molecule has 0 heterocycles. The lowest BCUT2D eigenvalue weighted by Crippen LogP contribution is -2.21. The topological polar surface area (TPSA) is 108 Å². The van der Waals surface area contributed by atoms with Crippen LogP contribution < -0.4 is 14.8 Å². The van der Waals surface area contributed by atoms with Crippen LogP contribution in [0, 0.1) is 0 Å². The molecular weight excluding hydrogens is 434 g/mol. The predicted octanol–water partition coefficient (Wildman–Crippen LogP) is 3.34. The molecule has 1 N–H and O–H groups in total. The second-order valence-electron chi connectivity index (χ2n) is 6.07. The average molecular weight is 456 g/mol. The molecule has 30 heavy (non-hydrogen) atoms. The van der Waals surface area contributed by atoms with Crippen molar-refractivity contribution in [3.63, 3.8) is 0 Å². The van der Waals surface area contributed by atoms with Crippen LogP contribution in [0.25, 0.3) is 0 Å². The molecule has 0 fully saturated rings. The van der Waals surface area contributed by atoms with Crippen molar-refractivity contribution in [2.75, 3.05) is 31.4 Å². The predicted molar refractivity (Wildman–Crippen MR) is 112 cm³/mol. The highest BCUT2D eigenvalue weighted by Crippen LogP contribution is 2.29. The molecule has 0 spiro atoms. The number of hydrogen-bond donors (Lipinski definition) is 1. The molecule has 8 nitrogen and oxygen atoms in total. The van der Waals surface area contributed by atoms with Crippen molar-refractivity contribution in [2.45, 2.75) is 18.7 Å². The quantitative estimate of drug-likeness (QED) is 0.577. The third-order valence-electron chi connectivity index (χ3n) is 3.75. The molecule has 2 aromatic carbocycles. The van der Waals surface area contributed by atoms with Gasteiger partial charge >= 0.3 is 5.97 Å². The highest BCUT2D eigenvalue weighted by Gasteiger charge is 2.16. The lowest BCUT2D eigenvalue weighted by atomic mass is 10.2. The lowest BCUT2D eigenvalue weighted by molar-refractivity contribution is -0.119. The van der Waals surface area contributed by atoms with Crippen molar-refractivity contribution >= 4 is 39.0 Å². The van der Waals surface area contributed by atoms with Gasteiger partial charge in [0.25, 0.3) is 5.91 Å². The summed E-state index contributed by atoms with van der Waals surface area (Å²) in [6, 6.07) is 8.48. The van der Waals surface area contributed by atoms with Gasteiger partial charge < -0.3 is 19.5 Å². The van der Waals surface area contributed by atoms with Gasteiger partial charge in [-0.05, 0) is 50.2 Å². The van der Waals surface area contributed by atoms with E-state index >= 15 is 0 Å². The van der Waals surface area contributed by atoms with Crippen molar-refractivity contribution in [1.82, 2.24) is 0 Å². The van der Waals surface area contributed by atoms with E-state index in [-0.39, 0.29) is 21.2 Å². The van der Waals surface area contributed by atoms with E-state index < -0.39 is 28.3 Å². The van der Waals surface area contributed by atoms with Gasteiger partial charge in [-0.15, -0.1) is 0 Å². The van der Waals surface area contributed by atoms with E-state index in [9.17, 15) is 18.0 Å². The zero-order valence-electron chi connectivity index (χ0n) is 16.7. The zero-order chi connectivity index (χ0) is 22.3. The Balaban J connectivity index is 2.04. The van der Waals surface area contributed by atoms with Crippen LogP contribution >= 0.6 is 11.6 Å². The van der Waals surface area contributed by atoms with Crippen molar-refractivity contribution < 1.29 is 32.2 Å². The molecule has 0 unspecified atom stereocenters. The Labute approximate surface area is 180 Å². The van der Waals surface area contributed by atoms with Crippen molar-refractivity contribution in [1.29, 1.82) is 0 Å². The van der Waals surface area contributed by atoms with E-state index in [0.29, 0.717) is 24.7 Å². The number of halogens is 1. The van der Waals surface area contributed by atoms with E-state index in [4.69, 9.17) is 25.8 Å². The molecule has 10 heteroatoms. The van der Waals surface area contributed by atoms with Gasteiger partial charge in [0.05, 0.1) is 34.4 Å². The van der Waals surface area contributed by atoms with E-state index in [1.54, 1.807) is 13.0 Å². The molecule has 2 aromatic rings. The summed E-state index contributed by atoms with van der Waals surface area (Å²) in [5.41, 5.74) is 0.284. The number of benzene rings is 2. The summed E-state index contributed by atoms with van der Waals surface area (Å²) in [5.74, 6) is -0.520. The first-order valence-electron chi connectivity index (χ1n) is 9.02. The molecule has 0 atom stereocenters.